The first-order valence-electron chi connectivity index (χ1n) is 6.61. The van der Waals surface area contributed by atoms with Gasteiger partial charge in [-0.2, -0.15) is 0 Å². The number of aliphatic hydroxyl groups excluding tert-OH is 1. The maximum atomic E-state index is 8.59. The Morgan fingerprint density at radius 2 is 2.05 bits per heavy atom. The molecule has 0 aromatic heterocycles. The van der Waals surface area contributed by atoms with E-state index in [-0.39, 0.29) is 6.61 Å². The molecular weight excluding hydrogens is 326 g/mol. The Balaban J connectivity index is 2.53. The summed E-state index contributed by atoms with van der Waals surface area (Å²) in [7, 11) is 1.63. The molecule has 0 aliphatic carbocycles. The zero-order chi connectivity index (χ0) is 14.8. The highest BCUT2D eigenvalue weighted by Crippen LogP contribution is 2.33. The number of halogens is 1. The molecule has 1 rings (SSSR count). The van der Waals surface area contributed by atoms with Gasteiger partial charge in [0, 0.05) is 17.6 Å². The number of ether oxygens (including phenoxy) is 3. The van der Waals surface area contributed by atoms with Crippen molar-refractivity contribution < 1.29 is 19.3 Å². The summed E-state index contributed by atoms with van der Waals surface area (Å²) in [5.74, 6) is 1.46. The van der Waals surface area contributed by atoms with Crippen molar-refractivity contribution >= 4 is 15.9 Å². The van der Waals surface area contributed by atoms with E-state index < -0.39 is 0 Å². The minimum Gasteiger partial charge on any atom is -0.493 e. The van der Waals surface area contributed by atoms with E-state index in [4.69, 9.17) is 19.3 Å². The zero-order valence-electron chi connectivity index (χ0n) is 11.9. The third-order valence-electron chi connectivity index (χ3n) is 2.61. The molecule has 0 amide bonds. The molecule has 0 atom stereocenters. The third-order valence-corrected chi connectivity index (χ3v) is 3.34. The molecule has 0 fully saturated rings. The molecule has 1 aromatic carbocycles. The van der Waals surface area contributed by atoms with E-state index in [0.717, 1.165) is 28.1 Å². The van der Waals surface area contributed by atoms with E-state index in [2.05, 4.69) is 21.2 Å². The first-order valence-corrected chi connectivity index (χ1v) is 7.40. The van der Waals surface area contributed by atoms with Crippen molar-refractivity contribution in [3.8, 4) is 11.5 Å². The van der Waals surface area contributed by atoms with Gasteiger partial charge in [-0.3, -0.25) is 0 Å². The fourth-order valence-corrected chi connectivity index (χ4v) is 2.14. The Labute approximate surface area is 128 Å². The number of rotatable bonds is 10. The summed E-state index contributed by atoms with van der Waals surface area (Å²) in [4.78, 5) is 0. The fraction of sp³-hybridized carbons (Fsp3) is 0.571. The third kappa shape index (κ3) is 5.66. The molecule has 6 heteroatoms. The predicted octanol–water partition coefficient (Wildman–Crippen LogP) is 1.95. The zero-order valence-corrected chi connectivity index (χ0v) is 13.5. The van der Waals surface area contributed by atoms with Gasteiger partial charge in [0.2, 0.25) is 0 Å². The lowest BCUT2D eigenvalue weighted by molar-refractivity contribution is 0.0938. The van der Waals surface area contributed by atoms with Crippen LogP contribution in [0.5, 0.6) is 11.5 Å². The number of hydrogen-bond donors (Lipinski definition) is 2. The minimum atomic E-state index is 0.0572. The van der Waals surface area contributed by atoms with Gasteiger partial charge in [-0.05, 0) is 24.6 Å². The molecule has 114 valence electrons. The van der Waals surface area contributed by atoms with Gasteiger partial charge in [0.05, 0.1) is 33.5 Å². The quantitative estimate of drug-likeness (QED) is 0.633. The van der Waals surface area contributed by atoms with E-state index in [9.17, 15) is 0 Å². The lowest BCUT2D eigenvalue weighted by atomic mass is 10.2. The molecule has 0 saturated heterocycles. The van der Waals surface area contributed by atoms with Crippen LogP contribution in [0.15, 0.2) is 16.6 Å². The molecule has 0 spiro atoms. The van der Waals surface area contributed by atoms with Crippen molar-refractivity contribution in [3.63, 3.8) is 0 Å². The maximum Gasteiger partial charge on any atom is 0.162 e. The number of benzene rings is 1. The lowest BCUT2D eigenvalue weighted by Gasteiger charge is -2.13. The van der Waals surface area contributed by atoms with Crippen LogP contribution in [0.25, 0.3) is 0 Å². The van der Waals surface area contributed by atoms with E-state index in [1.807, 2.05) is 19.1 Å². The van der Waals surface area contributed by atoms with Crippen LogP contribution in [0, 0.1) is 0 Å². The average molecular weight is 348 g/mol. The summed E-state index contributed by atoms with van der Waals surface area (Å²) in [6.45, 7) is 4.97. The molecule has 2 N–H and O–H groups in total. The van der Waals surface area contributed by atoms with Crippen molar-refractivity contribution in [2.24, 2.45) is 0 Å². The highest BCUT2D eigenvalue weighted by atomic mass is 79.9. The van der Waals surface area contributed by atoms with Crippen molar-refractivity contribution in [1.82, 2.24) is 5.32 Å². The summed E-state index contributed by atoms with van der Waals surface area (Å²) in [6, 6.07) is 3.87. The monoisotopic (exact) mass is 347 g/mol. The first-order chi connectivity index (χ1) is 9.72. The van der Waals surface area contributed by atoms with Gasteiger partial charge in [0.15, 0.2) is 11.5 Å². The van der Waals surface area contributed by atoms with Gasteiger partial charge in [0.25, 0.3) is 0 Å². The molecular formula is C14H22BrNO4. The van der Waals surface area contributed by atoms with Crippen LogP contribution in [0.4, 0.5) is 0 Å². The highest BCUT2D eigenvalue weighted by molar-refractivity contribution is 9.10. The Bertz CT molecular complexity index is 401. The predicted molar refractivity (Wildman–Crippen MR) is 81.5 cm³/mol. The van der Waals surface area contributed by atoms with Crippen LogP contribution in [-0.2, 0) is 11.3 Å². The number of hydrogen-bond acceptors (Lipinski definition) is 5. The summed E-state index contributed by atoms with van der Waals surface area (Å²) in [5.41, 5.74) is 1.09. The van der Waals surface area contributed by atoms with E-state index >= 15 is 0 Å². The summed E-state index contributed by atoms with van der Waals surface area (Å²) >= 11 is 3.53. The van der Waals surface area contributed by atoms with Crippen LogP contribution < -0.4 is 14.8 Å². The molecule has 0 heterocycles. The van der Waals surface area contributed by atoms with Gasteiger partial charge >= 0.3 is 0 Å². The smallest absolute Gasteiger partial charge is 0.162 e. The Morgan fingerprint density at radius 1 is 1.25 bits per heavy atom. The molecule has 0 unspecified atom stereocenters. The second-order valence-corrected chi connectivity index (χ2v) is 4.89. The molecule has 0 saturated carbocycles. The lowest BCUT2D eigenvalue weighted by Crippen LogP contribution is -2.20. The van der Waals surface area contributed by atoms with Gasteiger partial charge in [-0.25, -0.2) is 0 Å². The molecule has 0 aliphatic heterocycles. The molecule has 1 aromatic rings. The molecule has 0 aliphatic rings. The minimum absolute atomic E-state index is 0.0572. The van der Waals surface area contributed by atoms with Gasteiger partial charge < -0.3 is 24.6 Å². The highest BCUT2D eigenvalue weighted by Gasteiger charge is 2.09. The topological polar surface area (TPSA) is 60.0 Å². The Hall–Kier alpha value is -0.820. The van der Waals surface area contributed by atoms with E-state index in [1.165, 1.54) is 0 Å². The average Bonchev–Trinajstić information content (AvgIpc) is 2.45. The van der Waals surface area contributed by atoms with Crippen molar-refractivity contribution in [1.29, 1.82) is 0 Å². The standard InChI is InChI=1S/C14H22BrNO4/c1-3-20-14-9-12(15)11(8-13(14)18-2)10-16-4-6-19-7-5-17/h8-9,16-17H,3-7,10H2,1-2H3. The fourth-order valence-electron chi connectivity index (χ4n) is 1.67. The largest absolute Gasteiger partial charge is 0.493 e. The van der Waals surface area contributed by atoms with E-state index in [1.54, 1.807) is 7.11 Å². The van der Waals surface area contributed by atoms with Crippen LogP contribution in [0.2, 0.25) is 0 Å². The van der Waals surface area contributed by atoms with Gasteiger partial charge in [0.1, 0.15) is 0 Å². The van der Waals surface area contributed by atoms with Gasteiger partial charge in [-0.15, -0.1) is 0 Å². The van der Waals surface area contributed by atoms with Crippen LogP contribution >= 0.6 is 15.9 Å². The SMILES string of the molecule is CCOc1cc(Br)c(CNCCOCCO)cc1OC. The summed E-state index contributed by atoms with van der Waals surface area (Å²) < 4.78 is 17.0. The molecule has 0 radical (unpaired) electrons. The van der Waals surface area contributed by atoms with Crippen molar-refractivity contribution in [2.45, 2.75) is 13.5 Å². The number of nitrogens with one attached hydrogen (secondary N) is 1. The summed E-state index contributed by atoms with van der Waals surface area (Å²) in [5, 5.41) is 11.9. The molecule has 0 bridgehead atoms. The maximum absolute atomic E-state index is 8.59. The van der Waals surface area contributed by atoms with Crippen molar-refractivity contribution in [3.05, 3.63) is 22.2 Å². The Morgan fingerprint density at radius 3 is 2.70 bits per heavy atom. The molecule has 5 nitrogen and oxygen atoms in total. The van der Waals surface area contributed by atoms with Crippen molar-refractivity contribution in [2.75, 3.05) is 40.1 Å². The van der Waals surface area contributed by atoms with Gasteiger partial charge in [-0.1, -0.05) is 15.9 Å². The number of aliphatic hydroxyl groups is 1. The second-order valence-electron chi connectivity index (χ2n) is 4.04. The van der Waals surface area contributed by atoms with Crippen LogP contribution in [-0.4, -0.2) is 45.2 Å². The summed E-state index contributed by atoms with van der Waals surface area (Å²) in [6.07, 6.45) is 0. The normalized spacial score (nSPS) is 10.6. The Kier molecular flexibility index (Phi) is 8.60. The number of methoxy groups -OCH3 is 1. The van der Waals surface area contributed by atoms with Crippen LogP contribution in [0.3, 0.4) is 0 Å². The van der Waals surface area contributed by atoms with Crippen LogP contribution in [0.1, 0.15) is 12.5 Å². The second kappa shape index (κ2) is 9.99. The first kappa shape index (κ1) is 17.2. The molecule has 20 heavy (non-hydrogen) atoms. The van der Waals surface area contributed by atoms with E-state index in [0.29, 0.717) is 26.4 Å².